The minimum Gasteiger partial charge on any atom is -0.307 e. The SMILES string of the molecule is Cc1c(Cl)cccc1NC(=O)Nc1cnn(CC(C)C)c1. The molecule has 6 heteroatoms. The summed E-state index contributed by atoms with van der Waals surface area (Å²) in [5.74, 6) is 0.501. The van der Waals surface area contributed by atoms with Gasteiger partial charge in [-0.3, -0.25) is 4.68 Å². The average molecular weight is 307 g/mol. The van der Waals surface area contributed by atoms with Gasteiger partial charge in [-0.25, -0.2) is 4.79 Å². The minimum absolute atomic E-state index is 0.315. The van der Waals surface area contributed by atoms with Crippen molar-refractivity contribution in [3.05, 3.63) is 41.2 Å². The molecule has 0 atom stereocenters. The zero-order valence-electron chi connectivity index (χ0n) is 12.4. The van der Waals surface area contributed by atoms with Gasteiger partial charge in [-0.2, -0.15) is 5.10 Å². The first-order valence-electron chi connectivity index (χ1n) is 6.81. The fourth-order valence-electron chi connectivity index (χ4n) is 1.93. The highest BCUT2D eigenvalue weighted by molar-refractivity contribution is 6.31. The van der Waals surface area contributed by atoms with E-state index in [1.807, 2.05) is 23.9 Å². The van der Waals surface area contributed by atoms with Crippen molar-refractivity contribution in [3.63, 3.8) is 0 Å². The van der Waals surface area contributed by atoms with Crippen LogP contribution in [0.25, 0.3) is 0 Å². The maximum Gasteiger partial charge on any atom is 0.323 e. The maximum absolute atomic E-state index is 12.0. The number of rotatable bonds is 4. The van der Waals surface area contributed by atoms with Crippen LogP contribution in [0.3, 0.4) is 0 Å². The fraction of sp³-hybridized carbons (Fsp3) is 0.333. The topological polar surface area (TPSA) is 59.0 Å². The molecule has 0 saturated carbocycles. The van der Waals surface area contributed by atoms with Crippen LogP contribution in [0.2, 0.25) is 5.02 Å². The van der Waals surface area contributed by atoms with Crippen molar-refractivity contribution in [2.75, 3.05) is 10.6 Å². The molecule has 0 aliphatic rings. The lowest BCUT2D eigenvalue weighted by molar-refractivity contribution is 0.262. The average Bonchev–Trinajstić information content (AvgIpc) is 2.81. The van der Waals surface area contributed by atoms with E-state index in [0.29, 0.717) is 22.3 Å². The van der Waals surface area contributed by atoms with Crippen LogP contribution in [-0.4, -0.2) is 15.8 Å². The van der Waals surface area contributed by atoms with Crippen molar-refractivity contribution in [2.45, 2.75) is 27.3 Å². The highest BCUT2D eigenvalue weighted by Crippen LogP contribution is 2.23. The van der Waals surface area contributed by atoms with Gasteiger partial charge in [-0.05, 0) is 30.5 Å². The van der Waals surface area contributed by atoms with Crippen molar-refractivity contribution in [2.24, 2.45) is 5.92 Å². The van der Waals surface area contributed by atoms with Gasteiger partial charge < -0.3 is 10.6 Å². The number of aromatic nitrogens is 2. The Balaban J connectivity index is 1.98. The lowest BCUT2D eigenvalue weighted by Crippen LogP contribution is -2.19. The van der Waals surface area contributed by atoms with E-state index < -0.39 is 0 Å². The van der Waals surface area contributed by atoms with Crippen molar-refractivity contribution in [1.29, 1.82) is 0 Å². The third-order valence-corrected chi connectivity index (χ3v) is 3.37. The normalized spacial score (nSPS) is 10.7. The molecule has 0 saturated heterocycles. The summed E-state index contributed by atoms with van der Waals surface area (Å²) in [5, 5.41) is 10.4. The van der Waals surface area contributed by atoms with E-state index in [-0.39, 0.29) is 6.03 Å². The van der Waals surface area contributed by atoms with Crippen molar-refractivity contribution in [1.82, 2.24) is 9.78 Å². The van der Waals surface area contributed by atoms with Crippen LogP contribution in [0.15, 0.2) is 30.6 Å². The first kappa shape index (κ1) is 15.4. The zero-order valence-corrected chi connectivity index (χ0v) is 13.1. The van der Waals surface area contributed by atoms with E-state index in [1.54, 1.807) is 18.3 Å². The number of carbonyl (C=O) groups is 1. The van der Waals surface area contributed by atoms with Crippen LogP contribution < -0.4 is 10.6 Å². The van der Waals surface area contributed by atoms with Crippen molar-refractivity contribution >= 4 is 29.0 Å². The summed E-state index contributed by atoms with van der Waals surface area (Å²) in [6.45, 7) is 6.90. The smallest absolute Gasteiger partial charge is 0.307 e. The Kier molecular flexibility index (Phi) is 4.85. The molecule has 2 N–H and O–H groups in total. The number of anilines is 2. The second-order valence-electron chi connectivity index (χ2n) is 5.34. The van der Waals surface area contributed by atoms with E-state index in [2.05, 4.69) is 29.6 Å². The Hall–Kier alpha value is -2.01. The van der Waals surface area contributed by atoms with Gasteiger partial charge in [0.15, 0.2) is 0 Å². The fourth-order valence-corrected chi connectivity index (χ4v) is 2.10. The lowest BCUT2D eigenvalue weighted by atomic mass is 10.2. The van der Waals surface area contributed by atoms with E-state index in [4.69, 9.17) is 11.6 Å². The number of benzene rings is 1. The van der Waals surface area contributed by atoms with E-state index in [0.717, 1.165) is 12.1 Å². The largest absolute Gasteiger partial charge is 0.323 e. The molecule has 21 heavy (non-hydrogen) atoms. The number of nitrogens with one attached hydrogen (secondary N) is 2. The van der Waals surface area contributed by atoms with Gasteiger partial charge in [-0.1, -0.05) is 31.5 Å². The Labute approximate surface area is 129 Å². The number of hydrogen-bond acceptors (Lipinski definition) is 2. The van der Waals surface area contributed by atoms with Crippen molar-refractivity contribution in [3.8, 4) is 0 Å². The molecule has 0 aliphatic carbocycles. The third kappa shape index (κ3) is 4.23. The van der Waals surface area contributed by atoms with Crippen molar-refractivity contribution < 1.29 is 4.79 Å². The number of nitrogens with zero attached hydrogens (tertiary/aromatic N) is 2. The highest BCUT2D eigenvalue weighted by Gasteiger charge is 2.08. The van der Waals surface area contributed by atoms with Crippen LogP contribution in [-0.2, 0) is 6.54 Å². The van der Waals surface area contributed by atoms with Gasteiger partial charge in [0.2, 0.25) is 0 Å². The summed E-state index contributed by atoms with van der Waals surface area (Å²) < 4.78 is 1.81. The zero-order chi connectivity index (χ0) is 15.4. The Morgan fingerprint density at radius 2 is 2.14 bits per heavy atom. The summed E-state index contributed by atoms with van der Waals surface area (Å²) in [4.78, 5) is 12.0. The van der Waals surface area contributed by atoms with E-state index in [9.17, 15) is 4.79 Å². The standard InChI is InChI=1S/C15H19ClN4O/c1-10(2)8-20-9-12(7-17-20)18-15(21)19-14-6-4-5-13(16)11(14)3/h4-7,9-10H,8H2,1-3H3,(H2,18,19,21). The molecule has 0 spiro atoms. The molecular weight excluding hydrogens is 288 g/mol. The number of carbonyl (C=O) groups excluding carboxylic acids is 1. The monoisotopic (exact) mass is 306 g/mol. The van der Waals surface area contributed by atoms with E-state index in [1.165, 1.54) is 0 Å². The summed E-state index contributed by atoms with van der Waals surface area (Å²) in [6.07, 6.45) is 3.44. The second kappa shape index (κ2) is 6.63. The maximum atomic E-state index is 12.0. The molecule has 0 bridgehead atoms. The minimum atomic E-state index is -0.315. The molecule has 0 unspecified atom stereocenters. The number of urea groups is 1. The lowest BCUT2D eigenvalue weighted by Gasteiger charge is -2.09. The predicted molar refractivity (Wildman–Crippen MR) is 85.9 cm³/mol. The van der Waals surface area contributed by atoms with Gasteiger partial charge in [0.25, 0.3) is 0 Å². The molecule has 112 valence electrons. The van der Waals surface area contributed by atoms with Crippen LogP contribution in [0.5, 0.6) is 0 Å². The quantitative estimate of drug-likeness (QED) is 0.891. The molecule has 0 fully saturated rings. The van der Waals surface area contributed by atoms with Gasteiger partial charge in [0, 0.05) is 23.5 Å². The van der Waals surface area contributed by atoms with Gasteiger partial charge in [0.1, 0.15) is 0 Å². The summed E-state index contributed by atoms with van der Waals surface area (Å²) in [5.41, 5.74) is 2.19. The molecule has 1 heterocycles. The highest BCUT2D eigenvalue weighted by atomic mass is 35.5. The molecule has 1 aromatic carbocycles. The molecule has 2 aromatic rings. The van der Waals surface area contributed by atoms with Gasteiger partial charge in [0.05, 0.1) is 11.9 Å². The molecular formula is C15H19ClN4O. The van der Waals surface area contributed by atoms with Crippen LogP contribution in [0.4, 0.5) is 16.2 Å². The summed E-state index contributed by atoms with van der Waals surface area (Å²) in [7, 11) is 0. The first-order chi connectivity index (χ1) is 9.95. The van der Waals surface area contributed by atoms with Crippen LogP contribution in [0, 0.1) is 12.8 Å². The van der Waals surface area contributed by atoms with E-state index >= 15 is 0 Å². The molecule has 1 aromatic heterocycles. The van der Waals surface area contributed by atoms with Crippen LogP contribution in [0.1, 0.15) is 19.4 Å². The molecule has 0 radical (unpaired) electrons. The summed E-state index contributed by atoms with van der Waals surface area (Å²) >= 11 is 6.02. The van der Waals surface area contributed by atoms with Gasteiger partial charge >= 0.3 is 6.03 Å². The Morgan fingerprint density at radius 1 is 1.38 bits per heavy atom. The second-order valence-corrected chi connectivity index (χ2v) is 5.74. The Bertz CT molecular complexity index is 636. The molecule has 2 rings (SSSR count). The number of amides is 2. The molecule has 0 aliphatic heterocycles. The third-order valence-electron chi connectivity index (χ3n) is 2.96. The van der Waals surface area contributed by atoms with Crippen LogP contribution >= 0.6 is 11.6 Å². The Morgan fingerprint density at radius 3 is 2.86 bits per heavy atom. The van der Waals surface area contributed by atoms with Gasteiger partial charge in [-0.15, -0.1) is 0 Å². The molecule has 2 amide bonds. The summed E-state index contributed by atoms with van der Waals surface area (Å²) in [6, 6.07) is 5.08. The molecule has 5 nitrogen and oxygen atoms in total. The number of halogens is 1. The number of hydrogen-bond donors (Lipinski definition) is 2. The first-order valence-corrected chi connectivity index (χ1v) is 7.19. The predicted octanol–water partition coefficient (Wildman–Crippen LogP) is 4.14.